The molecule has 2 fully saturated rings. The Labute approximate surface area is 130 Å². The highest BCUT2D eigenvalue weighted by Crippen LogP contribution is 2.63. The third kappa shape index (κ3) is 2.05. The average Bonchev–Trinajstić information content (AvgIpc) is 2.93. The monoisotopic (exact) mass is 305 g/mol. The minimum Gasteiger partial charge on any atom is -0.294 e. The van der Waals surface area contributed by atoms with Crippen LogP contribution in [0.5, 0.6) is 0 Å². The van der Waals surface area contributed by atoms with E-state index in [1.165, 1.54) is 29.9 Å². The van der Waals surface area contributed by atoms with E-state index in [0.717, 1.165) is 28.0 Å². The van der Waals surface area contributed by atoms with Gasteiger partial charge in [0.2, 0.25) is 5.13 Å². The van der Waals surface area contributed by atoms with Crippen LogP contribution in [-0.4, -0.2) is 16.5 Å². The van der Waals surface area contributed by atoms with Gasteiger partial charge in [-0.3, -0.25) is 10.2 Å². The first-order valence-electron chi connectivity index (χ1n) is 7.57. The fraction of sp³-hybridized carbons (Fsp3) is 0.688. The standard InChI is InChI=1S/C16H23N3OS/c1-9-13(10(2)20)21-14(17-9)19-18-12-8-11-6-7-16(12,5)15(11,3)4/h11H,6-8H2,1-5H3,(H,17,19)/b18-12-/t11-,16+/m1/s1. The molecule has 0 aliphatic heterocycles. The van der Waals surface area contributed by atoms with Crippen LogP contribution in [0.2, 0.25) is 0 Å². The molecule has 1 N–H and O–H groups in total. The number of thiazole rings is 1. The summed E-state index contributed by atoms with van der Waals surface area (Å²) in [4.78, 5) is 16.6. The summed E-state index contributed by atoms with van der Waals surface area (Å²) in [5.74, 6) is 0.813. The summed E-state index contributed by atoms with van der Waals surface area (Å²) in [7, 11) is 0. The number of ketones is 1. The average molecular weight is 305 g/mol. The van der Waals surface area contributed by atoms with Crippen molar-refractivity contribution in [3.63, 3.8) is 0 Å². The topological polar surface area (TPSA) is 54.4 Å². The van der Waals surface area contributed by atoms with E-state index in [0.29, 0.717) is 5.41 Å². The van der Waals surface area contributed by atoms with Gasteiger partial charge in [-0.05, 0) is 37.5 Å². The minimum absolute atomic E-state index is 0.0683. The molecular weight excluding hydrogens is 282 g/mol. The zero-order chi connectivity index (χ0) is 15.4. The Morgan fingerprint density at radius 3 is 2.62 bits per heavy atom. The summed E-state index contributed by atoms with van der Waals surface area (Å²) in [6.07, 6.45) is 3.62. The van der Waals surface area contributed by atoms with Gasteiger partial charge in [0, 0.05) is 18.1 Å². The summed E-state index contributed by atoms with van der Waals surface area (Å²) in [5.41, 5.74) is 5.67. The molecule has 1 aromatic heterocycles. The SMILES string of the molecule is CC(=O)c1sc(N/N=C2/C[C@H]3CC[C@]2(C)C3(C)C)nc1C. The van der Waals surface area contributed by atoms with Crippen LogP contribution in [0.15, 0.2) is 5.10 Å². The van der Waals surface area contributed by atoms with E-state index >= 15 is 0 Å². The molecule has 0 aromatic carbocycles. The number of anilines is 1. The predicted octanol–water partition coefficient (Wildman–Crippen LogP) is 4.27. The summed E-state index contributed by atoms with van der Waals surface area (Å²) >= 11 is 1.39. The molecule has 2 saturated carbocycles. The number of carbonyl (C=O) groups excluding carboxylic acids is 1. The van der Waals surface area contributed by atoms with Crippen molar-refractivity contribution in [2.75, 3.05) is 5.43 Å². The maximum atomic E-state index is 11.5. The lowest BCUT2D eigenvalue weighted by Crippen LogP contribution is -2.32. The number of rotatable bonds is 3. The number of hydrogen-bond donors (Lipinski definition) is 1. The Morgan fingerprint density at radius 2 is 2.14 bits per heavy atom. The molecule has 4 nitrogen and oxygen atoms in total. The first-order chi connectivity index (χ1) is 9.75. The zero-order valence-corrected chi connectivity index (χ0v) is 14.2. The van der Waals surface area contributed by atoms with E-state index in [2.05, 4.69) is 36.3 Å². The second-order valence-electron chi connectivity index (χ2n) is 7.15. The van der Waals surface area contributed by atoms with Gasteiger partial charge in [0.05, 0.1) is 10.6 Å². The number of fused-ring (bicyclic) bond motifs is 2. The van der Waals surface area contributed by atoms with Gasteiger partial charge in [-0.1, -0.05) is 32.1 Å². The first-order valence-corrected chi connectivity index (χ1v) is 8.39. The van der Waals surface area contributed by atoms with E-state index in [1.54, 1.807) is 6.92 Å². The van der Waals surface area contributed by atoms with E-state index in [4.69, 9.17) is 0 Å². The maximum absolute atomic E-state index is 11.5. The predicted molar refractivity (Wildman–Crippen MR) is 87.1 cm³/mol. The van der Waals surface area contributed by atoms with E-state index in [1.807, 2.05) is 6.92 Å². The van der Waals surface area contributed by atoms with Crippen LogP contribution in [-0.2, 0) is 0 Å². The molecule has 0 saturated heterocycles. The van der Waals surface area contributed by atoms with E-state index in [-0.39, 0.29) is 11.2 Å². The zero-order valence-electron chi connectivity index (χ0n) is 13.4. The molecule has 2 atom stereocenters. The van der Waals surface area contributed by atoms with Crippen LogP contribution in [0.1, 0.15) is 62.3 Å². The largest absolute Gasteiger partial charge is 0.294 e. The van der Waals surface area contributed by atoms with Crippen molar-refractivity contribution in [1.82, 2.24) is 4.98 Å². The van der Waals surface area contributed by atoms with Gasteiger partial charge in [-0.2, -0.15) is 5.10 Å². The molecule has 0 radical (unpaired) electrons. The molecular formula is C16H23N3OS. The Kier molecular flexibility index (Phi) is 3.24. The highest BCUT2D eigenvalue weighted by atomic mass is 32.1. The highest BCUT2D eigenvalue weighted by molar-refractivity contribution is 7.17. The molecule has 21 heavy (non-hydrogen) atoms. The minimum atomic E-state index is 0.0683. The molecule has 2 bridgehead atoms. The Balaban J connectivity index is 1.82. The van der Waals surface area contributed by atoms with Crippen molar-refractivity contribution in [2.24, 2.45) is 21.8 Å². The number of aryl methyl sites for hydroxylation is 1. The molecule has 0 unspecified atom stereocenters. The molecule has 114 valence electrons. The van der Waals surface area contributed by atoms with Crippen molar-refractivity contribution in [3.8, 4) is 0 Å². The number of nitrogens with one attached hydrogen (secondary N) is 1. The summed E-state index contributed by atoms with van der Waals surface area (Å²) in [6.45, 7) is 10.5. The van der Waals surface area contributed by atoms with Gasteiger partial charge >= 0.3 is 0 Å². The Bertz CT molecular complexity index is 631. The van der Waals surface area contributed by atoms with Crippen LogP contribution < -0.4 is 5.43 Å². The van der Waals surface area contributed by atoms with Crippen molar-refractivity contribution >= 4 is 28.0 Å². The van der Waals surface area contributed by atoms with Crippen molar-refractivity contribution in [2.45, 2.75) is 53.9 Å². The summed E-state index contributed by atoms with van der Waals surface area (Å²) in [5, 5.41) is 5.38. The van der Waals surface area contributed by atoms with Crippen LogP contribution in [0.25, 0.3) is 0 Å². The fourth-order valence-electron chi connectivity index (χ4n) is 3.98. The van der Waals surface area contributed by atoms with Gasteiger partial charge in [0.15, 0.2) is 5.78 Å². The summed E-state index contributed by atoms with van der Waals surface area (Å²) < 4.78 is 0. The number of nitrogens with zero attached hydrogens (tertiary/aromatic N) is 2. The number of carbonyl (C=O) groups is 1. The van der Waals surface area contributed by atoms with Crippen LogP contribution in [0.4, 0.5) is 5.13 Å². The van der Waals surface area contributed by atoms with Crippen molar-refractivity contribution in [1.29, 1.82) is 0 Å². The van der Waals surface area contributed by atoms with Crippen molar-refractivity contribution in [3.05, 3.63) is 10.6 Å². The maximum Gasteiger partial charge on any atom is 0.204 e. The Hall–Kier alpha value is -1.23. The molecule has 0 amide bonds. The van der Waals surface area contributed by atoms with Gasteiger partial charge in [-0.25, -0.2) is 4.98 Å². The lowest BCUT2D eigenvalue weighted by Gasteiger charge is -2.34. The number of Topliss-reactive ketones (excluding diaryl/α,β-unsaturated/α-hetero) is 1. The quantitative estimate of drug-likeness (QED) is 0.670. The highest BCUT2D eigenvalue weighted by Gasteiger charge is 2.59. The van der Waals surface area contributed by atoms with Gasteiger partial charge in [0.25, 0.3) is 0 Å². The number of hydrogen-bond acceptors (Lipinski definition) is 5. The molecule has 3 rings (SSSR count). The van der Waals surface area contributed by atoms with E-state index < -0.39 is 0 Å². The van der Waals surface area contributed by atoms with Crippen LogP contribution >= 0.6 is 11.3 Å². The van der Waals surface area contributed by atoms with E-state index in [9.17, 15) is 4.79 Å². The number of aromatic nitrogens is 1. The Morgan fingerprint density at radius 1 is 1.43 bits per heavy atom. The van der Waals surface area contributed by atoms with Gasteiger partial charge < -0.3 is 0 Å². The molecule has 5 heteroatoms. The third-order valence-corrected chi connectivity index (χ3v) is 7.08. The molecule has 2 aliphatic rings. The van der Waals surface area contributed by atoms with Crippen LogP contribution in [0, 0.1) is 23.7 Å². The molecule has 0 spiro atoms. The lowest BCUT2D eigenvalue weighted by molar-refractivity contribution is 0.102. The second kappa shape index (κ2) is 4.63. The fourth-order valence-corrected chi connectivity index (χ4v) is 4.79. The van der Waals surface area contributed by atoms with Gasteiger partial charge in [-0.15, -0.1) is 0 Å². The second-order valence-corrected chi connectivity index (χ2v) is 8.15. The molecule has 1 aromatic rings. The smallest absolute Gasteiger partial charge is 0.204 e. The van der Waals surface area contributed by atoms with Gasteiger partial charge in [0.1, 0.15) is 0 Å². The lowest BCUT2D eigenvalue weighted by atomic mass is 9.70. The number of hydrazone groups is 1. The normalized spacial score (nSPS) is 31.9. The molecule has 1 heterocycles. The van der Waals surface area contributed by atoms with Crippen LogP contribution in [0.3, 0.4) is 0 Å². The van der Waals surface area contributed by atoms with Crippen molar-refractivity contribution < 1.29 is 4.79 Å². The first kappa shape index (κ1) is 14.7. The molecule has 2 aliphatic carbocycles. The third-order valence-electron chi connectivity index (χ3n) is 5.92. The summed E-state index contributed by atoms with van der Waals surface area (Å²) in [6, 6.07) is 0.